The number of hydrogen-bond acceptors (Lipinski definition) is 5. The van der Waals surface area contributed by atoms with Gasteiger partial charge in [0.2, 0.25) is 17.7 Å². The topological polar surface area (TPSA) is 114 Å². The van der Waals surface area contributed by atoms with Gasteiger partial charge < -0.3 is 20.7 Å². The first-order valence-electron chi connectivity index (χ1n) is 17.5. The first kappa shape index (κ1) is 30.9. The van der Waals surface area contributed by atoms with Gasteiger partial charge in [0, 0.05) is 17.4 Å². The normalized spacial score (nSPS) is 38.0. The van der Waals surface area contributed by atoms with Crippen LogP contribution < -0.4 is 16.0 Å². The molecule has 8 rings (SSSR count). The third-order valence-electron chi connectivity index (χ3n) is 12.4. The highest BCUT2D eigenvalue weighted by molar-refractivity contribution is 5.92. The van der Waals surface area contributed by atoms with E-state index in [4.69, 9.17) is 4.74 Å². The average Bonchev–Trinajstić information content (AvgIpc) is 2.93. The van der Waals surface area contributed by atoms with E-state index in [1.54, 1.807) is 0 Å². The Kier molecular flexibility index (Phi) is 8.87. The van der Waals surface area contributed by atoms with E-state index in [-0.39, 0.29) is 34.5 Å². The lowest BCUT2D eigenvalue weighted by Gasteiger charge is -2.55. The van der Waals surface area contributed by atoms with Crippen LogP contribution in [-0.4, -0.2) is 49.4 Å². The molecule has 3 N–H and O–H groups in total. The van der Waals surface area contributed by atoms with Crippen LogP contribution in [-0.2, 0) is 23.9 Å². The van der Waals surface area contributed by atoms with Crippen LogP contribution in [0.25, 0.3) is 0 Å². The van der Waals surface area contributed by atoms with Gasteiger partial charge in [0.25, 0.3) is 0 Å². The zero-order valence-corrected chi connectivity index (χ0v) is 26.8. The number of rotatable bonds is 13. The molecule has 8 aliphatic carbocycles. The van der Waals surface area contributed by atoms with E-state index in [2.05, 4.69) is 16.0 Å². The molecule has 2 atom stereocenters. The molecule has 8 fully saturated rings. The van der Waals surface area contributed by atoms with Crippen molar-refractivity contribution in [2.75, 3.05) is 13.7 Å². The van der Waals surface area contributed by atoms with Crippen LogP contribution in [0.5, 0.6) is 0 Å². The molecule has 0 heterocycles. The number of ether oxygens (including phenoxy) is 1. The van der Waals surface area contributed by atoms with Gasteiger partial charge in [-0.15, -0.1) is 0 Å². The number of nitrogens with one attached hydrogen (secondary N) is 3. The molecule has 0 aromatic heterocycles. The summed E-state index contributed by atoms with van der Waals surface area (Å²) < 4.78 is 4.98. The highest BCUT2D eigenvalue weighted by Gasteiger charge is 2.56. The average molecular weight is 598 g/mol. The number of esters is 1. The summed E-state index contributed by atoms with van der Waals surface area (Å²) in [6.45, 7) is 4.61. The zero-order chi connectivity index (χ0) is 30.4. The van der Waals surface area contributed by atoms with E-state index in [0.29, 0.717) is 43.6 Å². The monoisotopic (exact) mass is 597 g/mol. The molecule has 0 saturated heterocycles. The van der Waals surface area contributed by atoms with Gasteiger partial charge in [-0.05, 0) is 144 Å². The number of unbranched alkanes of at least 4 members (excludes halogenated alkanes) is 1. The molecule has 0 spiro atoms. The number of methoxy groups -OCH3 is 1. The SMILES string of the molecule is COC(=O)C(CC(C)C)NC(=O)C(CCCCNC(=O)C12CC3CC(CC(C3)C1)C2)NC(=O)C12CC3CC(CC(C3)C1)C2. The van der Waals surface area contributed by atoms with Crippen LogP contribution in [0.2, 0.25) is 0 Å². The van der Waals surface area contributed by atoms with Gasteiger partial charge in [-0.2, -0.15) is 0 Å². The summed E-state index contributed by atoms with van der Waals surface area (Å²) in [7, 11) is 1.34. The Morgan fingerprint density at radius 1 is 0.674 bits per heavy atom. The van der Waals surface area contributed by atoms with Crippen LogP contribution in [0.4, 0.5) is 0 Å². The Hall–Kier alpha value is -2.12. The molecule has 0 aliphatic heterocycles. The summed E-state index contributed by atoms with van der Waals surface area (Å²) >= 11 is 0. The number of hydrogen-bond donors (Lipinski definition) is 3. The van der Waals surface area contributed by atoms with E-state index in [1.165, 1.54) is 45.6 Å². The Balaban J connectivity index is 1.06. The minimum absolute atomic E-state index is 0.0281. The van der Waals surface area contributed by atoms with Gasteiger partial charge in [0.05, 0.1) is 7.11 Å². The maximum atomic E-state index is 13.9. The first-order valence-corrected chi connectivity index (χ1v) is 17.5. The number of carbonyl (C=O) groups excluding carboxylic acids is 4. The summed E-state index contributed by atoms with van der Waals surface area (Å²) in [6.07, 6.45) is 16.1. The molecule has 8 nitrogen and oxygen atoms in total. The molecule has 0 radical (unpaired) electrons. The first-order chi connectivity index (χ1) is 20.6. The Labute approximate surface area is 258 Å². The van der Waals surface area contributed by atoms with Crippen LogP contribution >= 0.6 is 0 Å². The predicted octanol–water partition coefficient (Wildman–Crippen LogP) is 4.89. The number of amides is 3. The summed E-state index contributed by atoms with van der Waals surface area (Å²) in [5.41, 5.74) is -0.499. The molecule has 8 aliphatic rings. The minimum atomic E-state index is -0.740. The van der Waals surface area contributed by atoms with E-state index >= 15 is 0 Å². The molecular weight excluding hydrogens is 542 g/mol. The van der Waals surface area contributed by atoms with Crippen LogP contribution in [0.3, 0.4) is 0 Å². The molecule has 43 heavy (non-hydrogen) atoms. The zero-order valence-electron chi connectivity index (χ0n) is 26.8. The molecule has 8 saturated carbocycles. The van der Waals surface area contributed by atoms with E-state index in [9.17, 15) is 19.2 Å². The third-order valence-corrected chi connectivity index (χ3v) is 12.4. The molecule has 0 aromatic carbocycles. The highest BCUT2D eigenvalue weighted by Crippen LogP contribution is 2.61. The van der Waals surface area contributed by atoms with Crippen molar-refractivity contribution in [1.82, 2.24) is 16.0 Å². The largest absolute Gasteiger partial charge is 0.467 e. The summed E-state index contributed by atoms with van der Waals surface area (Å²) in [4.78, 5) is 53.4. The molecule has 8 bridgehead atoms. The quantitative estimate of drug-likeness (QED) is 0.207. The van der Waals surface area contributed by atoms with Crippen molar-refractivity contribution in [3.63, 3.8) is 0 Å². The summed E-state index contributed by atoms with van der Waals surface area (Å²) in [6, 6.07) is -1.45. The maximum absolute atomic E-state index is 13.9. The van der Waals surface area contributed by atoms with Gasteiger partial charge in [-0.3, -0.25) is 14.4 Å². The van der Waals surface area contributed by atoms with E-state index in [0.717, 1.165) is 62.7 Å². The lowest BCUT2D eigenvalue weighted by Crippen LogP contribution is -2.58. The standard InChI is InChI=1S/C35H55N3O5/c1-21(2)8-29(31(40)43-3)37-30(39)28(38-33(42)35-18-25-12-26(19-35)14-27(13-25)20-35)6-4-5-7-36-32(41)34-15-22-9-23(16-34)11-24(10-22)17-34/h21-29H,4-20H2,1-3H3,(H,36,41)(H,37,39)(H,38,42). The van der Waals surface area contributed by atoms with Crippen LogP contribution in [0.15, 0.2) is 0 Å². The number of carbonyl (C=O) groups is 4. The van der Waals surface area contributed by atoms with Crippen molar-refractivity contribution in [2.45, 2.75) is 129 Å². The van der Waals surface area contributed by atoms with Crippen molar-refractivity contribution in [2.24, 2.45) is 52.3 Å². The predicted molar refractivity (Wildman–Crippen MR) is 163 cm³/mol. The van der Waals surface area contributed by atoms with Crippen molar-refractivity contribution in [3.05, 3.63) is 0 Å². The second-order valence-electron chi connectivity index (χ2n) is 16.4. The second-order valence-corrected chi connectivity index (χ2v) is 16.4. The lowest BCUT2D eigenvalue weighted by molar-refractivity contribution is -0.149. The lowest BCUT2D eigenvalue weighted by atomic mass is 9.49. The van der Waals surface area contributed by atoms with Gasteiger partial charge in [-0.1, -0.05) is 13.8 Å². The van der Waals surface area contributed by atoms with Crippen LogP contribution in [0.1, 0.15) is 117 Å². The maximum Gasteiger partial charge on any atom is 0.328 e. The molecule has 240 valence electrons. The Morgan fingerprint density at radius 2 is 1.14 bits per heavy atom. The highest BCUT2D eigenvalue weighted by atomic mass is 16.5. The fraction of sp³-hybridized carbons (Fsp3) is 0.886. The van der Waals surface area contributed by atoms with Crippen LogP contribution in [0, 0.1) is 52.3 Å². The Bertz CT molecular complexity index is 1010. The summed E-state index contributed by atoms with van der Waals surface area (Å²) in [5.74, 6) is 3.81. The van der Waals surface area contributed by atoms with Gasteiger partial charge in [0.15, 0.2) is 0 Å². The van der Waals surface area contributed by atoms with E-state index in [1.807, 2.05) is 13.8 Å². The fourth-order valence-electron chi connectivity index (χ4n) is 11.3. The Morgan fingerprint density at radius 3 is 1.58 bits per heavy atom. The van der Waals surface area contributed by atoms with Gasteiger partial charge in [0.1, 0.15) is 12.1 Å². The van der Waals surface area contributed by atoms with Crippen molar-refractivity contribution in [3.8, 4) is 0 Å². The van der Waals surface area contributed by atoms with Crippen molar-refractivity contribution in [1.29, 1.82) is 0 Å². The van der Waals surface area contributed by atoms with Gasteiger partial charge in [-0.25, -0.2) is 4.79 Å². The molecule has 8 heteroatoms. The molecule has 3 amide bonds. The second kappa shape index (κ2) is 12.3. The fourth-order valence-corrected chi connectivity index (χ4v) is 11.3. The van der Waals surface area contributed by atoms with Crippen molar-refractivity contribution < 1.29 is 23.9 Å². The molecule has 2 unspecified atom stereocenters. The molecule has 0 aromatic rings. The van der Waals surface area contributed by atoms with E-state index < -0.39 is 18.1 Å². The van der Waals surface area contributed by atoms with Gasteiger partial charge >= 0.3 is 5.97 Å². The minimum Gasteiger partial charge on any atom is -0.467 e. The summed E-state index contributed by atoms with van der Waals surface area (Å²) in [5, 5.41) is 9.36. The van der Waals surface area contributed by atoms with Crippen molar-refractivity contribution >= 4 is 23.7 Å². The molecular formula is C35H55N3O5. The third kappa shape index (κ3) is 6.49. The smallest absolute Gasteiger partial charge is 0.328 e.